The van der Waals surface area contributed by atoms with Crippen LogP contribution >= 0.6 is 31.9 Å². The van der Waals surface area contributed by atoms with E-state index in [0.717, 1.165) is 33.2 Å². The number of alkyl halides is 1. The molecule has 0 radical (unpaired) electrons. The van der Waals surface area contributed by atoms with Crippen LogP contribution in [0.25, 0.3) is 10.8 Å². The second-order valence-electron chi connectivity index (χ2n) is 13.1. The Hall–Kier alpha value is -4.30. The lowest BCUT2D eigenvalue weighted by Gasteiger charge is -2.32. The first-order valence-electron chi connectivity index (χ1n) is 16.8. The number of carbonyl (C=O) groups excluding carboxylic acids is 1. The fourth-order valence-corrected chi connectivity index (χ4v) is 6.75. The number of esters is 1. The Balaban J connectivity index is 0.000000215. The molecule has 0 spiro atoms. The van der Waals surface area contributed by atoms with E-state index in [4.69, 9.17) is 29.8 Å². The number of carbonyl (C=O) groups is 2. The molecular weight excluding hydrogens is 855 g/mol. The molecule has 0 saturated carbocycles. The third-order valence-corrected chi connectivity index (χ3v) is 11.4. The SMILES string of the molecule is BrCc1ccc(Br)cc1.COC(=O)CS(=O)(=O)c1cccc(B2OC(C)(C)C(C)(C)O2)c1.Cc1ccc2ccccc2c1C(=O)O.N#Cc1ccc(CN)o1. The van der Waals surface area contributed by atoms with Gasteiger partial charge in [-0.15, -0.1) is 0 Å². The molecule has 15 heteroatoms. The summed E-state index contributed by atoms with van der Waals surface area (Å²) in [7, 11) is -3.27. The Morgan fingerprint density at radius 2 is 1.56 bits per heavy atom. The number of nitrogens with two attached hydrogens (primary N) is 1. The van der Waals surface area contributed by atoms with Crippen molar-refractivity contribution in [2.75, 3.05) is 12.9 Å². The molecule has 0 unspecified atom stereocenters. The van der Waals surface area contributed by atoms with Gasteiger partial charge in [0.2, 0.25) is 5.76 Å². The van der Waals surface area contributed by atoms with Crippen molar-refractivity contribution in [1.29, 1.82) is 5.26 Å². The first kappa shape index (κ1) is 45.1. The molecule has 1 fully saturated rings. The van der Waals surface area contributed by atoms with E-state index in [0.29, 0.717) is 29.1 Å². The van der Waals surface area contributed by atoms with E-state index < -0.39 is 45.8 Å². The van der Waals surface area contributed by atoms with E-state index in [-0.39, 0.29) is 4.90 Å². The van der Waals surface area contributed by atoms with Crippen LogP contribution in [0.3, 0.4) is 0 Å². The number of aryl methyl sites for hydroxylation is 1. The van der Waals surface area contributed by atoms with Crippen LogP contribution < -0.4 is 11.2 Å². The molecule has 1 saturated heterocycles. The number of aromatic carboxylic acids is 1. The number of sulfone groups is 1. The number of nitrogens with zero attached hydrogens (tertiary/aromatic N) is 1. The highest BCUT2D eigenvalue weighted by Gasteiger charge is 2.51. The van der Waals surface area contributed by atoms with Crippen LogP contribution in [0.2, 0.25) is 0 Å². The third kappa shape index (κ3) is 12.6. The zero-order chi connectivity index (χ0) is 41.0. The number of carboxylic acids is 1. The minimum absolute atomic E-state index is 0.0371. The van der Waals surface area contributed by atoms with Crippen molar-refractivity contribution in [2.24, 2.45) is 5.73 Å². The molecule has 11 nitrogen and oxygen atoms in total. The Morgan fingerprint density at radius 3 is 2.09 bits per heavy atom. The van der Waals surface area contributed by atoms with Gasteiger partial charge >= 0.3 is 19.1 Å². The lowest BCUT2D eigenvalue weighted by atomic mass is 9.79. The lowest BCUT2D eigenvalue weighted by molar-refractivity contribution is -0.137. The maximum absolute atomic E-state index is 12.2. The molecule has 6 rings (SSSR count). The summed E-state index contributed by atoms with van der Waals surface area (Å²) in [4.78, 5) is 22.3. The molecule has 1 aliphatic rings. The largest absolute Gasteiger partial charge is 0.494 e. The van der Waals surface area contributed by atoms with Gasteiger partial charge in [0.15, 0.2) is 15.6 Å². The smallest absolute Gasteiger partial charge is 0.478 e. The average molecular weight is 898 g/mol. The number of rotatable bonds is 7. The van der Waals surface area contributed by atoms with E-state index in [1.165, 1.54) is 17.7 Å². The number of furan rings is 1. The number of hydrogen-bond acceptors (Lipinski definition) is 10. The highest BCUT2D eigenvalue weighted by Crippen LogP contribution is 2.36. The van der Waals surface area contributed by atoms with Gasteiger partial charge in [-0.2, -0.15) is 5.26 Å². The number of hydrogen-bond donors (Lipinski definition) is 2. The molecule has 1 aliphatic heterocycles. The molecule has 4 aromatic carbocycles. The molecule has 0 bridgehead atoms. The summed E-state index contributed by atoms with van der Waals surface area (Å²) in [5.41, 5.74) is 7.29. The summed E-state index contributed by atoms with van der Waals surface area (Å²) in [6.07, 6.45) is 0. The maximum atomic E-state index is 12.2. The Kier molecular flexibility index (Phi) is 16.4. The zero-order valence-corrected chi connectivity index (χ0v) is 35.3. The highest BCUT2D eigenvalue weighted by molar-refractivity contribution is 9.10. The summed E-state index contributed by atoms with van der Waals surface area (Å²) in [6.45, 7) is 9.85. The first-order chi connectivity index (χ1) is 25.9. The highest BCUT2D eigenvalue weighted by atomic mass is 79.9. The number of methoxy groups -OCH3 is 1. The first-order valence-corrected chi connectivity index (χ1v) is 20.4. The molecule has 0 atom stereocenters. The van der Waals surface area contributed by atoms with Crippen molar-refractivity contribution >= 4 is 77.0 Å². The maximum Gasteiger partial charge on any atom is 0.494 e. The summed E-state index contributed by atoms with van der Waals surface area (Å²) in [5, 5.41) is 20.0. The molecule has 55 heavy (non-hydrogen) atoms. The van der Waals surface area contributed by atoms with Crippen molar-refractivity contribution in [3.63, 3.8) is 0 Å². The molecule has 0 amide bonds. The van der Waals surface area contributed by atoms with Crippen molar-refractivity contribution in [3.05, 3.63) is 130 Å². The van der Waals surface area contributed by atoms with Gasteiger partial charge in [0.05, 0.1) is 35.3 Å². The van der Waals surface area contributed by atoms with E-state index >= 15 is 0 Å². The summed E-state index contributed by atoms with van der Waals surface area (Å²) in [6, 6.07) is 30.9. The summed E-state index contributed by atoms with van der Waals surface area (Å²) < 4.78 is 46.8. The van der Waals surface area contributed by atoms with Gasteiger partial charge < -0.3 is 29.3 Å². The Labute approximate surface area is 339 Å². The Bertz CT molecular complexity index is 2220. The lowest BCUT2D eigenvalue weighted by Crippen LogP contribution is -2.41. The van der Waals surface area contributed by atoms with Gasteiger partial charge in [-0.3, -0.25) is 4.79 Å². The number of nitriles is 1. The van der Waals surface area contributed by atoms with E-state index in [9.17, 15) is 18.0 Å². The molecule has 0 aliphatic carbocycles. The molecule has 1 aromatic heterocycles. The van der Waals surface area contributed by atoms with Crippen molar-refractivity contribution in [2.45, 2.75) is 62.6 Å². The molecule has 2 heterocycles. The number of ether oxygens (including phenoxy) is 1. The number of halogens is 2. The van der Waals surface area contributed by atoms with Crippen LogP contribution in [0.4, 0.5) is 0 Å². The molecule has 3 N–H and O–H groups in total. The van der Waals surface area contributed by atoms with Gasteiger partial charge in [0.25, 0.3) is 0 Å². The number of fused-ring (bicyclic) bond motifs is 1. The molecule has 5 aromatic rings. The van der Waals surface area contributed by atoms with E-state index in [1.54, 1.807) is 24.3 Å². The van der Waals surface area contributed by atoms with Crippen molar-refractivity contribution in [1.82, 2.24) is 0 Å². The standard InChI is InChI=1S/C15H21BO6S.C12H10O2.C7H6Br2.C6H6N2O/c1-14(2)15(3,4)22-16(21-14)11-7-6-8-12(9-11)23(18,19)10-13(17)20-5;1-8-6-7-9-4-2-3-5-10(9)11(8)12(13)14;8-5-6-1-3-7(9)4-2-6;7-3-5-1-2-6(4-8)9-5/h6-9H,10H2,1-5H3;2-7H,1H3,(H,13,14);1-4H,5H2;1-2H,3,7H2. The van der Waals surface area contributed by atoms with E-state index in [1.807, 2.05) is 89.2 Å². The third-order valence-electron chi connectivity index (χ3n) is 8.67. The van der Waals surface area contributed by atoms with Crippen molar-refractivity contribution < 1.29 is 41.6 Å². The summed E-state index contributed by atoms with van der Waals surface area (Å²) >= 11 is 6.73. The minimum atomic E-state index is -3.77. The average Bonchev–Trinajstić information content (AvgIpc) is 3.72. The second-order valence-corrected chi connectivity index (χ2v) is 16.6. The topological polar surface area (TPSA) is 179 Å². The van der Waals surface area contributed by atoms with Gasteiger partial charge in [-0.05, 0) is 98.4 Å². The predicted molar refractivity (Wildman–Crippen MR) is 220 cm³/mol. The number of carboxylic acid groups (broad SMARTS) is 1. The molecule has 290 valence electrons. The van der Waals surface area contributed by atoms with Crippen LogP contribution in [-0.2, 0) is 40.6 Å². The fraction of sp³-hybridized carbons (Fsp3) is 0.275. The predicted octanol–water partition coefficient (Wildman–Crippen LogP) is 7.73. The van der Waals surface area contributed by atoms with Crippen LogP contribution in [0, 0.1) is 18.3 Å². The fourth-order valence-electron chi connectivity index (χ4n) is 4.92. The number of benzene rings is 4. The van der Waals surface area contributed by atoms with Gasteiger partial charge in [0, 0.05) is 9.80 Å². The van der Waals surface area contributed by atoms with Crippen LogP contribution in [0.5, 0.6) is 0 Å². The Morgan fingerprint density at radius 1 is 0.927 bits per heavy atom. The normalized spacial score (nSPS) is 13.9. The van der Waals surface area contributed by atoms with Crippen molar-refractivity contribution in [3.8, 4) is 6.07 Å². The zero-order valence-electron chi connectivity index (χ0n) is 31.3. The molecular formula is C40H43BBr2N2O9S. The second kappa shape index (κ2) is 20.0. The van der Waals surface area contributed by atoms with Crippen LogP contribution in [-0.4, -0.2) is 56.6 Å². The monoisotopic (exact) mass is 896 g/mol. The van der Waals surface area contributed by atoms with Crippen LogP contribution in [0.1, 0.15) is 60.7 Å². The van der Waals surface area contributed by atoms with E-state index in [2.05, 4.69) is 48.7 Å². The van der Waals surface area contributed by atoms with Gasteiger partial charge in [0.1, 0.15) is 11.8 Å². The summed E-state index contributed by atoms with van der Waals surface area (Å²) in [5.74, 6) is -1.40. The van der Waals surface area contributed by atoms with Crippen LogP contribution in [0.15, 0.2) is 111 Å². The van der Waals surface area contributed by atoms with Gasteiger partial charge in [-0.25, -0.2) is 13.2 Å². The quantitative estimate of drug-likeness (QED) is 0.0928. The minimum Gasteiger partial charge on any atom is -0.478 e. The van der Waals surface area contributed by atoms with Gasteiger partial charge in [-0.1, -0.05) is 92.5 Å².